The number of methoxy groups -OCH3 is 1. The lowest BCUT2D eigenvalue weighted by molar-refractivity contribution is -0.139. The average Bonchev–Trinajstić information content (AvgIpc) is 2.24. The number of rotatable bonds is 3. The first-order valence-electron chi connectivity index (χ1n) is 4.15. The van der Waals surface area contributed by atoms with Gasteiger partial charge in [0.2, 0.25) is 0 Å². The molecular formula is C9H7F3INO2. The van der Waals surface area contributed by atoms with E-state index in [1.54, 1.807) is 22.6 Å². The summed E-state index contributed by atoms with van der Waals surface area (Å²) < 4.78 is 42.5. The molecule has 0 N–H and O–H groups in total. The van der Waals surface area contributed by atoms with E-state index in [1.807, 2.05) is 0 Å². The lowest BCUT2D eigenvalue weighted by Gasteiger charge is -2.09. The van der Waals surface area contributed by atoms with Crippen molar-refractivity contribution in [1.29, 1.82) is 0 Å². The highest BCUT2D eigenvalue weighted by Gasteiger charge is 2.22. The van der Waals surface area contributed by atoms with Gasteiger partial charge in [0.25, 0.3) is 6.43 Å². The van der Waals surface area contributed by atoms with Crippen LogP contribution in [0.4, 0.5) is 13.2 Å². The second-order valence-corrected chi connectivity index (χ2v) is 3.92. The second kappa shape index (κ2) is 5.46. The molecule has 7 heteroatoms. The van der Waals surface area contributed by atoms with Crippen molar-refractivity contribution in [3.05, 3.63) is 26.8 Å². The van der Waals surface area contributed by atoms with Gasteiger partial charge in [0.1, 0.15) is 5.69 Å². The van der Waals surface area contributed by atoms with Gasteiger partial charge in [-0.2, -0.15) is 0 Å². The fourth-order valence-corrected chi connectivity index (χ4v) is 1.70. The molecule has 0 radical (unpaired) electrons. The highest BCUT2D eigenvalue weighted by atomic mass is 127. The maximum Gasteiger partial charge on any atom is 0.310 e. The van der Waals surface area contributed by atoms with Crippen LogP contribution >= 0.6 is 22.6 Å². The summed E-state index contributed by atoms with van der Waals surface area (Å²) in [5, 5.41) is 0. The Morgan fingerprint density at radius 3 is 2.75 bits per heavy atom. The van der Waals surface area contributed by atoms with Crippen LogP contribution < -0.4 is 0 Å². The quantitative estimate of drug-likeness (QED) is 0.624. The lowest BCUT2D eigenvalue weighted by Crippen LogP contribution is -2.11. The molecule has 0 aliphatic rings. The Morgan fingerprint density at radius 1 is 1.62 bits per heavy atom. The van der Waals surface area contributed by atoms with Crippen LogP contribution in [0, 0.1) is 9.39 Å². The minimum Gasteiger partial charge on any atom is -0.469 e. The molecule has 1 rings (SSSR count). The van der Waals surface area contributed by atoms with Gasteiger partial charge in [-0.1, -0.05) is 0 Å². The Balaban J connectivity index is 3.20. The largest absolute Gasteiger partial charge is 0.469 e. The second-order valence-electron chi connectivity index (χ2n) is 2.84. The average molecular weight is 345 g/mol. The standard InChI is InChI=1S/C9H7F3INO2/c1-16-6(15)2-4-7(13)5(10)3-14-8(4)9(11)12/h3,9H,2H2,1H3. The number of carbonyl (C=O) groups excluding carboxylic acids is 1. The normalized spacial score (nSPS) is 10.6. The number of nitrogens with zero attached hydrogens (tertiary/aromatic N) is 1. The summed E-state index contributed by atoms with van der Waals surface area (Å²) in [6, 6.07) is 0. The first-order valence-corrected chi connectivity index (χ1v) is 5.23. The Hall–Kier alpha value is -0.860. The molecule has 0 fully saturated rings. The van der Waals surface area contributed by atoms with Crippen molar-refractivity contribution in [2.45, 2.75) is 12.8 Å². The summed E-state index contributed by atoms with van der Waals surface area (Å²) >= 11 is 1.56. The van der Waals surface area contributed by atoms with E-state index in [1.165, 1.54) is 0 Å². The zero-order chi connectivity index (χ0) is 12.3. The van der Waals surface area contributed by atoms with Gasteiger partial charge in [0.15, 0.2) is 5.82 Å². The molecule has 1 aromatic heterocycles. The maximum atomic E-state index is 13.1. The molecule has 1 heterocycles. The molecule has 0 amide bonds. The van der Waals surface area contributed by atoms with Crippen molar-refractivity contribution in [1.82, 2.24) is 4.98 Å². The number of hydrogen-bond acceptors (Lipinski definition) is 3. The van der Waals surface area contributed by atoms with Gasteiger partial charge < -0.3 is 4.74 Å². The third kappa shape index (κ3) is 2.83. The smallest absolute Gasteiger partial charge is 0.310 e. The van der Waals surface area contributed by atoms with E-state index in [-0.39, 0.29) is 9.13 Å². The van der Waals surface area contributed by atoms with E-state index in [9.17, 15) is 18.0 Å². The first-order chi connectivity index (χ1) is 7.47. The Morgan fingerprint density at radius 2 is 2.25 bits per heavy atom. The van der Waals surface area contributed by atoms with Gasteiger partial charge in [-0.15, -0.1) is 0 Å². The van der Waals surface area contributed by atoms with Crippen LogP contribution in [-0.2, 0) is 16.0 Å². The fraction of sp³-hybridized carbons (Fsp3) is 0.333. The van der Waals surface area contributed by atoms with Gasteiger partial charge in [0.05, 0.1) is 23.3 Å². The Kier molecular flexibility index (Phi) is 4.51. The predicted molar refractivity (Wildman–Crippen MR) is 57.6 cm³/mol. The summed E-state index contributed by atoms with van der Waals surface area (Å²) in [4.78, 5) is 14.3. The van der Waals surface area contributed by atoms with Gasteiger partial charge in [-0.05, 0) is 22.6 Å². The molecule has 0 spiro atoms. The van der Waals surface area contributed by atoms with Crippen LogP contribution in [0.2, 0.25) is 0 Å². The maximum absolute atomic E-state index is 13.1. The van der Waals surface area contributed by atoms with Crippen molar-refractivity contribution >= 4 is 28.6 Å². The van der Waals surface area contributed by atoms with Crippen molar-refractivity contribution in [2.75, 3.05) is 7.11 Å². The molecule has 0 aliphatic heterocycles. The molecule has 3 nitrogen and oxygen atoms in total. The van der Waals surface area contributed by atoms with Gasteiger partial charge in [0, 0.05) is 5.56 Å². The molecule has 0 atom stereocenters. The highest BCUT2D eigenvalue weighted by Crippen LogP contribution is 2.26. The van der Waals surface area contributed by atoms with Crippen molar-refractivity contribution < 1.29 is 22.7 Å². The van der Waals surface area contributed by atoms with Crippen LogP contribution in [0.5, 0.6) is 0 Å². The number of pyridine rings is 1. The molecule has 0 aromatic carbocycles. The number of ether oxygens (including phenoxy) is 1. The molecular weight excluding hydrogens is 338 g/mol. The zero-order valence-electron chi connectivity index (χ0n) is 8.14. The molecule has 0 saturated heterocycles. The molecule has 0 saturated carbocycles. The van der Waals surface area contributed by atoms with Gasteiger partial charge in [-0.25, -0.2) is 13.2 Å². The Bertz CT molecular complexity index is 412. The number of aromatic nitrogens is 1. The number of esters is 1. The van der Waals surface area contributed by atoms with E-state index in [4.69, 9.17) is 0 Å². The third-order valence-electron chi connectivity index (χ3n) is 1.86. The van der Waals surface area contributed by atoms with Crippen LogP contribution in [0.1, 0.15) is 17.7 Å². The predicted octanol–water partition coefficient (Wildman–Crippen LogP) is 2.48. The van der Waals surface area contributed by atoms with Gasteiger partial charge in [-0.3, -0.25) is 9.78 Å². The van der Waals surface area contributed by atoms with E-state index < -0.39 is 30.3 Å². The van der Waals surface area contributed by atoms with Crippen molar-refractivity contribution in [2.24, 2.45) is 0 Å². The van der Waals surface area contributed by atoms with E-state index >= 15 is 0 Å². The summed E-state index contributed by atoms with van der Waals surface area (Å²) in [5.41, 5.74) is -0.710. The van der Waals surface area contributed by atoms with Crippen LogP contribution in [0.3, 0.4) is 0 Å². The van der Waals surface area contributed by atoms with E-state index in [0.29, 0.717) is 6.20 Å². The molecule has 0 bridgehead atoms. The SMILES string of the molecule is COC(=O)Cc1c(C(F)F)ncc(F)c1I. The first kappa shape index (κ1) is 13.2. The number of alkyl halides is 2. The van der Waals surface area contributed by atoms with Gasteiger partial charge >= 0.3 is 5.97 Å². The third-order valence-corrected chi connectivity index (χ3v) is 3.02. The number of carbonyl (C=O) groups is 1. The Labute approximate surface area is 103 Å². The van der Waals surface area contributed by atoms with Crippen LogP contribution in [0.25, 0.3) is 0 Å². The number of hydrogen-bond donors (Lipinski definition) is 0. The molecule has 0 unspecified atom stereocenters. The molecule has 16 heavy (non-hydrogen) atoms. The van der Waals surface area contributed by atoms with Crippen LogP contribution in [-0.4, -0.2) is 18.1 Å². The minimum absolute atomic E-state index is 0.0340. The molecule has 88 valence electrons. The highest BCUT2D eigenvalue weighted by molar-refractivity contribution is 14.1. The van der Waals surface area contributed by atoms with E-state index in [2.05, 4.69) is 9.72 Å². The van der Waals surface area contributed by atoms with E-state index in [0.717, 1.165) is 7.11 Å². The molecule has 1 aromatic rings. The lowest BCUT2D eigenvalue weighted by atomic mass is 10.1. The minimum atomic E-state index is -2.85. The van der Waals surface area contributed by atoms with Crippen molar-refractivity contribution in [3.63, 3.8) is 0 Å². The zero-order valence-corrected chi connectivity index (χ0v) is 10.3. The fourth-order valence-electron chi connectivity index (χ4n) is 1.09. The summed E-state index contributed by atoms with van der Waals surface area (Å²) in [5.74, 6) is -1.45. The monoisotopic (exact) mass is 345 g/mol. The van der Waals surface area contributed by atoms with Crippen LogP contribution in [0.15, 0.2) is 6.20 Å². The van der Waals surface area contributed by atoms with Crippen molar-refractivity contribution in [3.8, 4) is 0 Å². The molecule has 0 aliphatic carbocycles. The number of halogens is 4. The topological polar surface area (TPSA) is 39.2 Å². The summed E-state index contributed by atoms with van der Waals surface area (Å²) in [6.07, 6.45) is -2.56. The summed E-state index contributed by atoms with van der Waals surface area (Å²) in [7, 11) is 1.13. The summed E-state index contributed by atoms with van der Waals surface area (Å²) in [6.45, 7) is 0.